The van der Waals surface area contributed by atoms with Crippen LogP contribution in [-0.4, -0.2) is 10.9 Å². The number of carbonyl (C=O) groups is 1. The van der Waals surface area contributed by atoms with E-state index in [1.807, 2.05) is 0 Å². The molecule has 0 aliphatic heterocycles. The average Bonchev–Trinajstić information content (AvgIpc) is 2.81. The van der Waals surface area contributed by atoms with Gasteiger partial charge in [-0.25, -0.2) is 9.37 Å². The molecule has 0 aliphatic rings. The third-order valence-corrected chi connectivity index (χ3v) is 2.06. The van der Waals surface area contributed by atoms with Crippen molar-refractivity contribution >= 4 is 11.7 Å². The molecule has 0 aliphatic carbocycles. The van der Waals surface area contributed by atoms with E-state index in [4.69, 9.17) is 10.2 Å². The summed E-state index contributed by atoms with van der Waals surface area (Å²) in [4.78, 5) is 15.3. The van der Waals surface area contributed by atoms with Crippen LogP contribution >= 0.6 is 0 Å². The minimum Gasteiger partial charge on any atom is -0.455 e. The summed E-state index contributed by atoms with van der Waals surface area (Å²) in [5.74, 6) is -0.0175. The molecule has 17 heavy (non-hydrogen) atoms. The first-order chi connectivity index (χ1) is 8.19. The van der Waals surface area contributed by atoms with E-state index < -0.39 is 11.7 Å². The standard InChI is InChI=1S/C11H10FN3O2/c12-7-1-4-10(14-6-7)15-11(16)9-3-2-8(5-13)17-9/h1-4,6H,5,13H2,(H,14,15,16). The summed E-state index contributed by atoms with van der Waals surface area (Å²) in [6, 6.07) is 5.70. The second kappa shape index (κ2) is 4.75. The van der Waals surface area contributed by atoms with E-state index in [9.17, 15) is 9.18 Å². The molecular weight excluding hydrogens is 225 g/mol. The van der Waals surface area contributed by atoms with Crippen molar-refractivity contribution in [2.24, 2.45) is 5.73 Å². The number of aromatic nitrogens is 1. The largest absolute Gasteiger partial charge is 0.455 e. The number of carbonyl (C=O) groups excluding carboxylic acids is 1. The van der Waals surface area contributed by atoms with Gasteiger partial charge in [0.25, 0.3) is 5.91 Å². The van der Waals surface area contributed by atoms with Crippen molar-refractivity contribution in [1.82, 2.24) is 4.98 Å². The minimum absolute atomic E-state index is 0.136. The van der Waals surface area contributed by atoms with Crippen molar-refractivity contribution in [3.8, 4) is 0 Å². The molecule has 2 heterocycles. The molecule has 0 saturated heterocycles. The maximum Gasteiger partial charge on any atom is 0.292 e. The van der Waals surface area contributed by atoms with Gasteiger partial charge in [-0.3, -0.25) is 4.79 Å². The molecule has 0 atom stereocenters. The van der Waals surface area contributed by atoms with Gasteiger partial charge in [0.15, 0.2) is 5.76 Å². The van der Waals surface area contributed by atoms with Crippen molar-refractivity contribution in [1.29, 1.82) is 0 Å². The Kier molecular flexibility index (Phi) is 3.15. The molecule has 2 aromatic rings. The van der Waals surface area contributed by atoms with Gasteiger partial charge >= 0.3 is 0 Å². The van der Waals surface area contributed by atoms with E-state index in [2.05, 4.69) is 10.3 Å². The molecule has 3 N–H and O–H groups in total. The van der Waals surface area contributed by atoms with E-state index in [1.165, 1.54) is 18.2 Å². The van der Waals surface area contributed by atoms with Gasteiger partial charge in [-0.15, -0.1) is 0 Å². The van der Waals surface area contributed by atoms with Crippen LogP contribution in [0.15, 0.2) is 34.9 Å². The first kappa shape index (κ1) is 11.3. The predicted octanol–water partition coefficient (Wildman–Crippen LogP) is 1.52. The molecule has 1 amide bonds. The van der Waals surface area contributed by atoms with Crippen molar-refractivity contribution in [2.75, 3.05) is 5.32 Å². The Morgan fingerprint density at radius 2 is 2.24 bits per heavy atom. The molecule has 0 radical (unpaired) electrons. The molecule has 0 bridgehead atoms. The third-order valence-electron chi connectivity index (χ3n) is 2.06. The Hall–Kier alpha value is -2.21. The van der Waals surface area contributed by atoms with E-state index in [0.717, 1.165) is 6.20 Å². The summed E-state index contributed by atoms with van der Waals surface area (Å²) >= 11 is 0. The Labute approximate surface area is 96.4 Å². The van der Waals surface area contributed by atoms with E-state index in [-0.39, 0.29) is 18.1 Å². The molecule has 0 aromatic carbocycles. The van der Waals surface area contributed by atoms with Crippen LogP contribution in [0.1, 0.15) is 16.3 Å². The monoisotopic (exact) mass is 235 g/mol. The van der Waals surface area contributed by atoms with Crippen LogP contribution in [0.25, 0.3) is 0 Å². The quantitative estimate of drug-likeness (QED) is 0.845. The van der Waals surface area contributed by atoms with E-state index in [0.29, 0.717) is 5.76 Å². The highest BCUT2D eigenvalue weighted by Crippen LogP contribution is 2.10. The van der Waals surface area contributed by atoms with Crippen LogP contribution in [-0.2, 0) is 6.54 Å². The maximum atomic E-state index is 12.6. The van der Waals surface area contributed by atoms with Gasteiger partial charge in [0, 0.05) is 0 Å². The number of pyridine rings is 1. The van der Waals surface area contributed by atoms with Crippen LogP contribution in [0.3, 0.4) is 0 Å². The van der Waals surface area contributed by atoms with Gasteiger partial charge < -0.3 is 15.5 Å². The molecule has 88 valence electrons. The van der Waals surface area contributed by atoms with Crippen molar-refractivity contribution in [3.05, 3.63) is 47.8 Å². The topological polar surface area (TPSA) is 81.2 Å². The van der Waals surface area contributed by atoms with Gasteiger partial charge in [-0.2, -0.15) is 0 Å². The van der Waals surface area contributed by atoms with E-state index in [1.54, 1.807) is 6.07 Å². The Bertz CT molecular complexity index is 522. The van der Waals surface area contributed by atoms with Gasteiger partial charge in [0.05, 0.1) is 12.7 Å². The molecule has 0 unspecified atom stereocenters. The fraction of sp³-hybridized carbons (Fsp3) is 0.0909. The zero-order valence-corrected chi connectivity index (χ0v) is 8.81. The number of furan rings is 1. The zero-order valence-electron chi connectivity index (χ0n) is 8.81. The molecule has 5 nitrogen and oxygen atoms in total. The number of anilines is 1. The first-order valence-electron chi connectivity index (χ1n) is 4.91. The van der Waals surface area contributed by atoms with Crippen LogP contribution in [0.2, 0.25) is 0 Å². The van der Waals surface area contributed by atoms with Gasteiger partial charge in [0.1, 0.15) is 17.4 Å². The molecule has 2 aromatic heterocycles. The van der Waals surface area contributed by atoms with Crippen molar-refractivity contribution in [2.45, 2.75) is 6.54 Å². The molecule has 0 fully saturated rings. The summed E-state index contributed by atoms with van der Waals surface area (Å²) in [5.41, 5.74) is 5.35. The van der Waals surface area contributed by atoms with Crippen molar-refractivity contribution < 1.29 is 13.6 Å². The fourth-order valence-corrected chi connectivity index (χ4v) is 1.24. The van der Waals surface area contributed by atoms with Gasteiger partial charge in [0.2, 0.25) is 0 Å². The third kappa shape index (κ3) is 2.67. The summed E-state index contributed by atoms with van der Waals surface area (Å²) < 4.78 is 17.7. The van der Waals surface area contributed by atoms with Gasteiger partial charge in [-0.05, 0) is 24.3 Å². The molecule has 6 heteroatoms. The summed E-state index contributed by atoms with van der Waals surface area (Å²) in [6.45, 7) is 0.224. The molecule has 0 spiro atoms. The molecule has 0 saturated carbocycles. The second-order valence-corrected chi connectivity index (χ2v) is 3.29. The number of nitrogens with two attached hydrogens (primary N) is 1. The Morgan fingerprint density at radius 1 is 1.41 bits per heavy atom. The number of rotatable bonds is 3. The fourth-order valence-electron chi connectivity index (χ4n) is 1.24. The number of halogens is 1. The number of amides is 1. The molecule has 2 rings (SSSR count). The lowest BCUT2D eigenvalue weighted by atomic mass is 10.4. The normalized spacial score (nSPS) is 10.2. The SMILES string of the molecule is NCc1ccc(C(=O)Nc2ccc(F)cn2)o1. The predicted molar refractivity (Wildman–Crippen MR) is 58.7 cm³/mol. The highest BCUT2D eigenvalue weighted by atomic mass is 19.1. The Morgan fingerprint density at radius 3 is 2.82 bits per heavy atom. The zero-order chi connectivity index (χ0) is 12.3. The summed E-state index contributed by atoms with van der Waals surface area (Å²) in [7, 11) is 0. The highest BCUT2D eigenvalue weighted by Gasteiger charge is 2.11. The lowest BCUT2D eigenvalue weighted by Gasteiger charge is -2.01. The maximum absolute atomic E-state index is 12.6. The van der Waals surface area contributed by atoms with E-state index >= 15 is 0 Å². The lowest BCUT2D eigenvalue weighted by Crippen LogP contribution is -2.12. The second-order valence-electron chi connectivity index (χ2n) is 3.29. The van der Waals surface area contributed by atoms with Crippen LogP contribution in [0, 0.1) is 5.82 Å². The summed E-state index contributed by atoms with van der Waals surface area (Å²) in [6.07, 6.45) is 1.02. The molecular formula is C11H10FN3O2. The smallest absolute Gasteiger partial charge is 0.292 e. The first-order valence-corrected chi connectivity index (χ1v) is 4.91. The summed E-state index contributed by atoms with van der Waals surface area (Å²) in [5, 5.41) is 2.47. The average molecular weight is 235 g/mol. The van der Waals surface area contributed by atoms with Crippen molar-refractivity contribution in [3.63, 3.8) is 0 Å². The number of nitrogens with one attached hydrogen (secondary N) is 1. The number of nitrogens with zero attached hydrogens (tertiary/aromatic N) is 1. The van der Waals surface area contributed by atoms with Gasteiger partial charge in [-0.1, -0.05) is 0 Å². The van der Waals surface area contributed by atoms with Crippen LogP contribution in [0.4, 0.5) is 10.2 Å². The van der Waals surface area contributed by atoms with Crippen LogP contribution < -0.4 is 11.1 Å². The van der Waals surface area contributed by atoms with Crippen LogP contribution in [0.5, 0.6) is 0 Å². The number of hydrogen-bond donors (Lipinski definition) is 2. The lowest BCUT2D eigenvalue weighted by molar-refractivity contribution is 0.0994. The highest BCUT2D eigenvalue weighted by molar-refractivity contribution is 6.01. The minimum atomic E-state index is -0.466. The number of hydrogen-bond acceptors (Lipinski definition) is 4. The Balaban J connectivity index is 2.08.